The van der Waals surface area contributed by atoms with Gasteiger partial charge in [0.25, 0.3) is 0 Å². The van der Waals surface area contributed by atoms with E-state index in [9.17, 15) is 9.90 Å². The zero-order chi connectivity index (χ0) is 19.9. The maximum absolute atomic E-state index is 12.9. The van der Waals surface area contributed by atoms with E-state index in [0.717, 1.165) is 50.3 Å². The predicted molar refractivity (Wildman–Crippen MR) is 114 cm³/mol. The van der Waals surface area contributed by atoms with Gasteiger partial charge in [0, 0.05) is 26.2 Å². The lowest BCUT2D eigenvalue weighted by molar-refractivity contribution is -0.126. The molecular formula is C23H31N3O2. The number of hydrogen-bond acceptors (Lipinski definition) is 4. The Balaban J connectivity index is 1.57. The molecule has 2 aromatic rings. The van der Waals surface area contributed by atoms with Crippen LogP contribution in [0, 0.1) is 0 Å². The summed E-state index contributed by atoms with van der Waals surface area (Å²) < 4.78 is 0. The largest absolute Gasteiger partial charge is 0.506 e. The maximum Gasteiger partial charge on any atom is 0.237 e. The van der Waals surface area contributed by atoms with Crippen LogP contribution in [0.25, 0.3) is 0 Å². The number of aromatic hydroxyl groups is 1. The molecule has 1 saturated heterocycles. The third-order valence-corrected chi connectivity index (χ3v) is 5.56. The summed E-state index contributed by atoms with van der Waals surface area (Å²) in [4.78, 5) is 17.3. The van der Waals surface area contributed by atoms with E-state index in [1.165, 1.54) is 0 Å². The number of phenols is 1. The van der Waals surface area contributed by atoms with Crippen molar-refractivity contribution in [3.63, 3.8) is 0 Å². The lowest BCUT2D eigenvalue weighted by Crippen LogP contribution is -2.54. The number of benzene rings is 2. The van der Waals surface area contributed by atoms with Gasteiger partial charge in [0.2, 0.25) is 5.91 Å². The first kappa shape index (κ1) is 20.2. The van der Waals surface area contributed by atoms with E-state index in [-0.39, 0.29) is 18.0 Å². The number of nitrogens with zero attached hydrogens (tertiary/aromatic N) is 2. The molecule has 2 aromatic carbocycles. The highest BCUT2D eigenvalue weighted by molar-refractivity contribution is 5.81. The van der Waals surface area contributed by atoms with Crippen LogP contribution in [0.1, 0.15) is 38.3 Å². The Kier molecular flexibility index (Phi) is 6.93. The Labute approximate surface area is 168 Å². The molecule has 1 fully saturated rings. The minimum absolute atomic E-state index is 0.0590. The summed E-state index contributed by atoms with van der Waals surface area (Å²) in [6.07, 6.45) is 1.96. The number of nitrogens with one attached hydrogen (secondary N) is 1. The monoisotopic (exact) mass is 381 g/mol. The van der Waals surface area contributed by atoms with Crippen LogP contribution in [0.5, 0.6) is 5.75 Å². The van der Waals surface area contributed by atoms with Gasteiger partial charge in [-0.05, 0) is 31.0 Å². The van der Waals surface area contributed by atoms with E-state index in [4.69, 9.17) is 0 Å². The molecule has 0 aliphatic carbocycles. The molecule has 2 N–H and O–H groups in total. The van der Waals surface area contributed by atoms with Crippen LogP contribution in [-0.4, -0.2) is 48.1 Å². The molecular weight excluding hydrogens is 350 g/mol. The van der Waals surface area contributed by atoms with E-state index in [0.29, 0.717) is 5.75 Å². The van der Waals surface area contributed by atoms with E-state index in [1.54, 1.807) is 6.07 Å². The van der Waals surface area contributed by atoms with Crippen molar-refractivity contribution in [2.24, 2.45) is 0 Å². The molecule has 5 nitrogen and oxygen atoms in total. The van der Waals surface area contributed by atoms with Gasteiger partial charge in [-0.1, -0.05) is 55.8 Å². The second-order valence-electron chi connectivity index (χ2n) is 7.45. The molecule has 0 aromatic heterocycles. The van der Waals surface area contributed by atoms with Gasteiger partial charge in [-0.2, -0.15) is 0 Å². The van der Waals surface area contributed by atoms with E-state index < -0.39 is 0 Å². The topological polar surface area (TPSA) is 55.8 Å². The SMILES string of the molecule is CCC[C@H](NC(=O)[C@@H](C)N1CCN(c2ccccc2O)CC1)c1ccccc1. The van der Waals surface area contributed by atoms with Crippen molar-refractivity contribution in [3.05, 3.63) is 60.2 Å². The summed E-state index contributed by atoms with van der Waals surface area (Å²) in [5.74, 6) is 0.394. The van der Waals surface area contributed by atoms with Gasteiger partial charge in [-0.15, -0.1) is 0 Å². The summed E-state index contributed by atoms with van der Waals surface area (Å²) in [6.45, 7) is 7.32. The number of carbonyl (C=O) groups is 1. The molecule has 1 aliphatic rings. The summed E-state index contributed by atoms with van der Waals surface area (Å²) in [6, 6.07) is 17.5. The smallest absolute Gasteiger partial charge is 0.237 e. The first-order valence-corrected chi connectivity index (χ1v) is 10.2. The first-order chi connectivity index (χ1) is 13.6. The van der Waals surface area contributed by atoms with Crippen LogP contribution >= 0.6 is 0 Å². The van der Waals surface area contributed by atoms with Crippen molar-refractivity contribution in [2.45, 2.75) is 38.8 Å². The molecule has 1 aliphatic heterocycles. The molecule has 5 heteroatoms. The average Bonchev–Trinajstić information content (AvgIpc) is 2.74. The average molecular weight is 382 g/mol. The third-order valence-electron chi connectivity index (χ3n) is 5.56. The Morgan fingerprint density at radius 1 is 1.04 bits per heavy atom. The highest BCUT2D eigenvalue weighted by atomic mass is 16.3. The number of carbonyl (C=O) groups excluding carboxylic acids is 1. The van der Waals surface area contributed by atoms with Crippen LogP contribution in [0.2, 0.25) is 0 Å². The highest BCUT2D eigenvalue weighted by Crippen LogP contribution is 2.27. The minimum atomic E-state index is -0.172. The summed E-state index contributed by atoms with van der Waals surface area (Å²) in [5.41, 5.74) is 2.03. The Bertz CT molecular complexity index is 757. The van der Waals surface area contributed by atoms with E-state index in [1.807, 2.05) is 43.3 Å². The number of anilines is 1. The number of phenolic OH excluding ortho intramolecular Hbond substituents is 1. The van der Waals surface area contributed by atoms with Crippen molar-refractivity contribution >= 4 is 11.6 Å². The van der Waals surface area contributed by atoms with Gasteiger partial charge in [-0.3, -0.25) is 9.69 Å². The molecule has 0 spiro atoms. The fourth-order valence-electron chi connectivity index (χ4n) is 3.84. The predicted octanol–water partition coefficient (Wildman–Crippen LogP) is 3.56. The second kappa shape index (κ2) is 9.60. The standard InChI is InChI=1S/C23H31N3O2/c1-3-9-20(19-10-5-4-6-11-19)24-23(28)18(2)25-14-16-26(17-15-25)21-12-7-8-13-22(21)27/h4-8,10-13,18,20,27H,3,9,14-17H2,1-2H3,(H,24,28)/t18-,20+/m1/s1. The zero-order valence-electron chi connectivity index (χ0n) is 16.8. The Hall–Kier alpha value is -2.53. The maximum atomic E-state index is 12.9. The molecule has 1 amide bonds. The van der Waals surface area contributed by atoms with Crippen LogP contribution in [0.15, 0.2) is 54.6 Å². The minimum Gasteiger partial charge on any atom is -0.506 e. The van der Waals surface area contributed by atoms with Gasteiger partial charge in [0.05, 0.1) is 17.8 Å². The molecule has 0 saturated carbocycles. The fraction of sp³-hybridized carbons (Fsp3) is 0.435. The van der Waals surface area contributed by atoms with Gasteiger partial charge in [0.1, 0.15) is 5.75 Å². The van der Waals surface area contributed by atoms with Gasteiger partial charge < -0.3 is 15.3 Å². The van der Waals surface area contributed by atoms with Crippen LogP contribution in [0.4, 0.5) is 5.69 Å². The number of piperazine rings is 1. The van der Waals surface area contributed by atoms with Gasteiger partial charge >= 0.3 is 0 Å². The fourth-order valence-corrected chi connectivity index (χ4v) is 3.84. The van der Waals surface area contributed by atoms with Crippen molar-refractivity contribution in [1.82, 2.24) is 10.2 Å². The second-order valence-corrected chi connectivity index (χ2v) is 7.45. The molecule has 150 valence electrons. The van der Waals surface area contributed by atoms with E-state index in [2.05, 4.69) is 34.2 Å². The number of hydrogen-bond donors (Lipinski definition) is 2. The molecule has 1 heterocycles. The van der Waals surface area contributed by atoms with Crippen LogP contribution in [0.3, 0.4) is 0 Å². The number of rotatable bonds is 7. The zero-order valence-corrected chi connectivity index (χ0v) is 16.8. The lowest BCUT2D eigenvalue weighted by Gasteiger charge is -2.39. The molecule has 0 bridgehead atoms. The van der Waals surface area contributed by atoms with Gasteiger partial charge in [-0.25, -0.2) is 0 Å². The molecule has 2 atom stereocenters. The Morgan fingerprint density at radius 2 is 1.68 bits per heavy atom. The Morgan fingerprint density at radius 3 is 2.32 bits per heavy atom. The lowest BCUT2D eigenvalue weighted by atomic mass is 10.0. The normalized spacial score (nSPS) is 17.1. The van der Waals surface area contributed by atoms with Crippen molar-refractivity contribution in [2.75, 3.05) is 31.1 Å². The summed E-state index contributed by atoms with van der Waals surface area (Å²) >= 11 is 0. The van der Waals surface area contributed by atoms with Crippen molar-refractivity contribution in [3.8, 4) is 5.75 Å². The van der Waals surface area contributed by atoms with Crippen molar-refractivity contribution < 1.29 is 9.90 Å². The number of amides is 1. The van der Waals surface area contributed by atoms with Crippen LogP contribution in [-0.2, 0) is 4.79 Å². The molecule has 0 unspecified atom stereocenters. The first-order valence-electron chi connectivity index (χ1n) is 10.2. The van der Waals surface area contributed by atoms with Crippen LogP contribution < -0.4 is 10.2 Å². The van der Waals surface area contributed by atoms with Gasteiger partial charge in [0.15, 0.2) is 0 Å². The summed E-state index contributed by atoms with van der Waals surface area (Å²) in [5, 5.41) is 13.3. The molecule has 3 rings (SSSR count). The van der Waals surface area contributed by atoms with Crippen molar-refractivity contribution in [1.29, 1.82) is 0 Å². The number of para-hydroxylation sites is 2. The molecule has 28 heavy (non-hydrogen) atoms. The highest BCUT2D eigenvalue weighted by Gasteiger charge is 2.27. The quantitative estimate of drug-likeness (QED) is 0.770. The summed E-state index contributed by atoms with van der Waals surface area (Å²) in [7, 11) is 0. The molecule has 0 radical (unpaired) electrons. The van der Waals surface area contributed by atoms with E-state index >= 15 is 0 Å². The third kappa shape index (κ3) is 4.84.